The molecule has 2 fully saturated rings. The van der Waals surface area contributed by atoms with Crippen LogP contribution in [-0.2, 0) is 10.0 Å². The van der Waals surface area contributed by atoms with Gasteiger partial charge in [-0.2, -0.15) is 4.31 Å². The molecule has 2 aliphatic rings. The first-order chi connectivity index (χ1) is 9.89. The number of hydrogen-bond donors (Lipinski definition) is 1. The monoisotopic (exact) mass is 331 g/mol. The van der Waals surface area contributed by atoms with Crippen LogP contribution < -0.4 is 5.56 Å². The van der Waals surface area contributed by atoms with Crippen LogP contribution in [0.15, 0.2) is 22.0 Å². The SMILES string of the molecule is CC1CN2CCCC2CN1S(=O)(=O)c1c[nH]c(=O)c(Cl)c1. The molecule has 0 aromatic carbocycles. The average molecular weight is 332 g/mol. The van der Waals surface area contributed by atoms with E-state index in [1.165, 1.54) is 16.6 Å². The van der Waals surface area contributed by atoms with E-state index in [4.69, 9.17) is 11.6 Å². The number of halogens is 1. The maximum absolute atomic E-state index is 12.8. The third-order valence-corrected chi connectivity index (χ3v) is 6.56. The lowest BCUT2D eigenvalue weighted by Crippen LogP contribution is -2.56. The number of aromatic nitrogens is 1. The molecule has 0 aliphatic carbocycles. The molecule has 8 heteroatoms. The van der Waals surface area contributed by atoms with E-state index in [0.717, 1.165) is 25.9 Å². The normalized spacial score (nSPS) is 27.7. The Morgan fingerprint density at radius 3 is 2.86 bits per heavy atom. The molecule has 0 spiro atoms. The fourth-order valence-corrected chi connectivity index (χ4v) is 5.11. The maximum atomic E-state index is 12.8. The molecule has 21 heavy (non-hydrogen) atoms. The quantitative estimate of drug-likeness (QED) is 0.873. The summed E-state index contributed by atoms with van der Waals surface area (Å²) in [4.78, 5) is 16.1. The second kappa shape index (κ2) is 5.39. The van der Waals surface area contributed by atoms with Crippen molar-refractivity contribution in [3.05, 3.63) is 27.6 Å². The molecule has 0 radical (unpaired) electrons. The van der Waals surface area contributed by atoms with Gasteiger partial charge in [0.05, 0.1) is 4.90 Å². The molecule has 0 bridgehead atoms. The molecule has 2 unspecified atom stereocenters. The van der Waals surface area contributed by atoms with Crippen molar-refractivity contribution in [1.82, 2.24) is 14.2 Å². The zero-order chi connectivity index (χ0) is 15.2. The van der Waals surface area contributed by atoms with E-state index in [1.54, 1.807) is 0 Å². The van der Waals surface area contributed by atoms with E-state index in [2.05, 4.69) is 9.88 Å². The van der Waals surface area contributed by atoms with E-state index in [1.807, 2.05) is 6.92 Å². The van der Waals surface area contributed by atoms with E-state index in [-0.39, 0.29) is 16.0 Å². The molecule has 3 rings (SSSR count). The molecule has 2 saturated heterocycles. The van der Waals surface area contributed by atoms with Crippen molar-refractivity contribution in [2.75, 3.05) is 19.6 Å². The Balaban J connectivity index is 1.93. The van der Waals surface area contributed by atoms with Crippen molar-refractivity contribution in [3.8, 4) is 0 Å². The first kappa shape index (κ1) is 15.0. The molecule has 2 atom stereocenters. The number of pyridine rings is 1. The first-order valence-electron chi connectivity index (χ1n) is 7.04. The molecule has 1 aromatic rings. The van der Waals surface area contributed by atoms with Crippen LogP contribution in [0.5, 0.6) is 0 Å². The minimum absolute atomic E-state index is 0.0467. The first-order valence-corrected chi connectivity index (χ1v) is 8.85. The van der Waals surface area contributed by atoms with E-state index in [9.17, 15) is 13.2 Å². The van der Waals surface area contributed by atoms with Crippen molar-refractivity contribution in [1.29, 1.82) is 0 Å². The minimum atomic E-state index is -3.64. The predicted molar refractivity (Wildman–Crippen MR) is 80.0 cm³/mol. The third kappa shape index (κ3) is 2.63. The van der Waals surface area contributed by atoms with Gasteiger partial charge in [-0.25, -0.2) is 8.42 Å². The molecular weight excluding hydrogens is 314 g/mol. The largest absolute Gasteiger partial charge is 0.326 e. The van der Waals surface area contributed by atoms with Crippen LogP contribution in [0, 0.1) is 0 Å². The Kier molecular flexibility index (Phi) is 3.85. The minimum Gasteiger partial charge on any atom is -0.326 e. The Morgan fingerprint density at radius 1 is 1.38 bits per heavy atom. The summed E-state index contributed by atoms with van der Waals surface area (Å²) in [5, 5.41) is -0.108. The summed E-state index contributed by atoms with van der Waals surface area (Å²) in [6, 6.07) is 1.44. The molecule has 2 aliphatic heterocycles. The third-order valence-electron chi connectivity index (χ3n) is 4.32. The van der Waals surface area contributed by atoms with Crippen LogP contribution >= 0.6 is 11.6 Å². The van der Waals surface area contributed by atoms with Crippen molar-refractivity contribution in [2.24, 2.45) is 0 Å². The second-order valence-corrected chi connectivity index (χ2v) is 8.02. The van der Waals surface area contributed by atoms with Crippen LogP contribution in [0.3, 0.4) is 0 Å². The lowest BCUT2D eigenvalue weighted by atomic mass is 10.1. The molecular formula is C13H18ClN3O3S. The van der Waals surface area contributed by atoms with Gasteiger partial charge in [-0.05, 0) is 32.4 Å². The second-order valence-electron chi connectivity index (χ2n) is 5.73. The average Bonchev–Trinajstić information content (AvgIpc) is 2.87. The highest BCUT2D eigenvalue weighted by molar-refractivity contribution is 7.89. The fourth-order valence-electron chi connectivity index (χ4n) is 3.22. The lowest BCUT2D eigenvalue weighted by Gasteiger charge is -2.41. The van der Waals surface area contributed by atoms with Crippen LogP contribution in [-0.4, -0.2) is 54.3 Å². The Bertz CT molecular complexity index is 703. The van der Waals surface area contributed by atoms with Crippen LogP contribution in [0.2, 0.25) is 5.02 Å². The zero-order valence-electron chi connectivity index (χ0n) is 11.8. The number of H-pyrrole nitrogens is 1. The summed E-state index contributed by atoms with van der Waals surface area (Å²) in [5.41, 5.74) is -0.482. The number of nitrogens with zero attached hydrogens (tertiary/aromatic N) is 2. The molecule has 3 heterocycles. The van der Waals surface area contributed by atoms with Crippen molar-refractivity contribution >= 4 is 21.6 Å². The number of sulfonamides is 1. The zero-order valence-corrected chi connectivity index (χ0v) is 13.3. The molecule has 0 saturated carbocycles. The van der Waals surface area contributed by atoms with Crippen LogP contribution in [0.1, 0.15) is 19.8 Å². The van der Waals surface area contributed by atoms with Crippen molar-refractivity contribution in [3.63, 3.8) is 0 Å². The van der Waals surface area contributed by atoms with Gasteiger partial charge in [0.2, 0.25) is 10.0 Å². The van der Waals surface area contributed by atoms with Gasteiger partial charge in [0, 0.05) is 31.4 Å². The summed E-state index contributed by atoms with van der Waals surface area (Å²) in [7, 11) is -3.64. The number of aromatic amines is 1. The van der Waals surface area contributed by atoms with Gasteiger partial charge in [0.15, 0.2) is 0 Å². The molecule has 1 aromatic heterocycles. The highest BCUT2D eigenvalue weighted by Gasteiger charge is 2.40. The maximum Gasteiger partial charge on any atom is 0.266 e. The summed E-state index contributed by atoms with van der Waals surface area (Å²) >= 11 is 5.75. The Hall–Kier alpha value is -0.890. The fraction of sp³-hybridized carbons (Fsp3) is 0.615. The molecule has 1 N–H and O–H groups in total. The number of hydrogen-bond acceptors (Lipinski definition) is 4. The summed E-state index contributed by atoms with van der Waals surface area (Å²) < 4.78 is 27.1. The van der Waals surface area contributed by atoms with Gasteiger partial charge >= 0.3 is 0 Å². The van der Waals surface area contributed by atoms with Crippen molar-refractivity contribution in [2.45, 2.75) is 36.7 Å². The number of piperazine rings is 1. The summed E-state index contributed by atoms with van der Waals surface area (Å²) in [5.74, 6) is 0. The predicted octanol–water partition coefficient (Wildman–Crippen LogP) is 0.885. The van der Waals surface area contributed by atoms with E-state index >= 15 is 0 Å². The van der Waals surface area contributed by atoms with Gasteiger partial charge < -0.3 is 4.98 Å². The van der Waals surface area contributed by atoms with Gasteiger partial charge in [0.25, 0.3) is 5.56 Å². The summed E-state index contributed by atoms with van der Waals surface area (Å²) in [6.07, 6.45) is 3.37. The number of nitrogens with one attached hydrogen (secondary N) is 1. The topological polar surface area (TPSA) is 73.5 Å². The van der Waals surface area contributed by atoms with Gasteiger partial charge in [-0.1, -0.05) is 11.6 Å². The number of fused-ring (bicyclic) bond motifs is 1. The molecule has 6 nitrogen and oxygen atoms in total. The lowest BCUT2D eigenvalue weighted by molar-refractivity contribution is 0.117. The number of rotatable bonds is 2. The van der Waals surface area contributed by atoms with E-state index < -0.39 is 15.6 Å². The molecule has 116 valence electrons. The van der Waals surface area contributed by atoms with E-state index in [0.29, 0.717) is 12.6 Å². The van der Waals surface area contributed by atoms with Crippen molar-refractivity contribution < 1.29 is 8.42 Å². The highest BCUT2D eigenvalue weighted by atomic mass is 35.5. The van der Waals surface area contributed by atoms with Crippen LogP contribution in [0.25, 0.3) is 0 Å². The van der Waals surface area contributed by atoms with Gasteiger partial charge in [-0.3, -0.25) is 9.69 Å². The molecule has 0 amide bonds. The standard InChI is InChI=1S/C13H18ClN3O3S/c1-9-7-16-4-2-3-10(16)8-17(9)21(19,20)11-5-12(14)13(18)15-6-11/h5-6,9-10H,2-4,7-8H2,1H3,(H,15,18). The van der Waals surface area contributed by atoms with Crippen LogP contribution in [0.4, 0.5) is 0 Å². The van der Waals surface area contributed by atoms with Gasteiger partial charge in [0.1, 0.15) is 5.02 Å². The Labute approximate surface area is 128 Å². The summed E-state index contributed by atoms with van der Waals surface area (Å²) in [6.45, 7) is 4.22. The van der Waals surface area contributed by atoms with Gasteiger partial charge in [-0.15, -0.1) is 0 Å². The Morgan fingerprint density at radius 2 is 2.14 bits per heavy atom. The highest BCUT2D eigenvalue weighted by Crippen LogP contribution is 2.29. The smallest absolute Gasteiger partial charge is 0.266 e.